The predicted molar refractivity (Wildman–Crippen MR) is 59.6 cm³/mol. The first-order chi connectivity index (χ1) is 8.20. The molecule has 0 saturated carbocycles. The van der Waals surface area contributed by atoms with Crippen LogP contribution in [0.5, 0.6) is 0 Å². The summed E-state index contributed by atoms with van der Waals surface area (Å²) in [5.74, 6) is -0.964. The molecule has 0 aromatic heterocycles. The Morgan fingerprint density at radius 1 is 1.24 bits per heavy atom. The van der Waals surface area contributed by atoms with Crippen molar-refractivity contribution in [3.05, 3.63) is 0 Å². The summed E-state index contributed by atoms with van der Waals surface area (Å²) in [6, 6.07) is 0. The Kier molecular flexibility index (Phi) is 6.38. The van der Waals surface area contributed by atoms with Gasteiger partial charge in [0, 0.05) is 26.2 Å². The topological polar surface area (TPSA) is 93.5 Å². The summed E-state index contributed by atoms with van der Waals surface area (Å²) >= 11 is 0. The number of rotatable bonds is 7. The van der Waals surface area contributed by atoms with Crippen LogP contribution in [0, 0.1) is 0 Å². The average Bonchev–Trinajstić information content (AvgIpc) is 2.31. The number of aliphatic carboxylic acids is 1. The number of carbonyl (C=O) groups is 1. The van der Waals surface area contributed by atoms with Crippen LogP contribution in [0.15, 0.2) is 0 Å². The number of aliphatic hydroxyl groups excluding tert-OH is 2. The molecule has 3 N–H and O–H groups in total. The fraction of sp³-hybridized carbons (Fsp3) is 0.900. The van der Waals surface area contributed by atoms with E-state index in [0.29, 0.717) is 26.3 Å². The quantitative estimate of drug-likeness (QED) is 0.480. The summed E-state index contributed by atoms with van der Waals surface area (Å²) in [5.41, 5.74) is 0. The second kappa shape index (κ2) is 7.57. The Labute approximate surface area is 100 Å². The highest BCUT2D eigenvalue weighted by Crippen LogP contribution is 2.09. The number of aliphatic hydroxyl groups is 2. The molecular weight excluding hydrogens is 228 g/mol. The highest BCUT2D eigenvalue weighted by Gasteiger charge is 2.32. The lowest BCUT2D eigenvalue weighted by atomic mass is 10.3. The zero-order chi connectivity index (χ0) is 12.7. The number of carboxylic acids is 1. The number of hydrogen-bond acceptors (Lipinski definition) is 6. The maximum Gasteiger partial charge on any atom is 0.336 e. The predicted octanol–water partition coefficient (Wildman–Crippen LogP) is -1.98. The van der Waals surface area contributed by atoms with E-state index >= 15 is 0 Å². The third-order valence-corrected chi connectivity index (χ3v) is 2.73. The molecule has 1 aliphatic heterocycles. The number of morpholine rings is 1. The van der Waals surface area contributed by atoms with Crippen molar-refractivity contribution in [2.24, 2.45) is 0 Å². The molecule has 1 fully saturated rings. The molecule has 0 radical (unpaired) electrons. The summed E-state index contributed by atoms with van der Waals surface area (Å²) < 4.78 is 5.18. The molecule has 1 saturated heterocycles. The van der Waals surface area contributed by atoms with Crippen molar-refractivity contribution in [1.82, 2.24) is 9.80 Å². The molecule has 0 spiro atoms. The van der Waals surface area contributed by atoms with Gasteiger partial charge in [0.15, 0.2) is 6.17 Å². The van der Waals surface area contributed by atoms with Crippen LogP contribution in [0.2, 0.25) is 0 Å². The fourth-order valence-electron chi connectivity index (χ4n) is 1.98. The lowest BCUT2D eigenvalue weighted by Gasteiger charge is -2.38. The van der Waals surface area contributed by atoms with Crippen molar-refractivity contribution in [1.29, 1.82) is 0 Å². The molecule has 0 bridgehead atoms. The normalized spacial score (nSPS) is 19.5. The van der Waals surface area contributed by atoms with Crippen molar-refractivity contribution in [3.63, 3.8) is 0 Å². The Hall–Kier alpha value is -0.730. The van der Waals surface area contributed by atoms with Crippen LogP contribution in [0.4, 0.5) is 0 Å². The van der Waals surface area contributed by atoms with Crippen molar-refractivity contribution in [3.8, 4) is 0 Å². The van der Waals surface area contributed by atoms with E-state index in [1.807, 2.05) is 0 Å². The standard InChI is InChI=1S/C10H20N2O5/c13-5-1-11(2-6-14)9(10(15)16)12-3-7-17-8-4-12/h9,13-14H,1-8H2,(H,15,16). The van der Waals surface area contributed by atoms with Gasteiger partial charge in [-0.15, -0.1) is 0 Å². The van der Waals surface area contributed by atoms with Gasteiger partial charge in [-0.3, -0.25) is 9.80 Å². The van der Waals surface area contributed by atoms with Crippen LogP contribution < -0.4 is 0 Å². The lowest BCUT2D eigenvalue weighted by Crippen LogP contribution is -2.57. The van der Waals surface area contributed by atoms with Gasteiger partial charge < -0.3 is 20.1 Å². The van der Waals surface area contributed by atoms with Crippen LogP contribution in [-0.2, 0) is 9.53 Å². The summed E-state index contributed by atoms with van der Waals surface area (Å²) in [7, 11) is 0. The first-order valence-electron chi connectivity index (χ1n) is 5.71. The third kappa shape index (κ3) is 4.21. The minimum atomic E-state index is -0.964. The molecule has 1 rings (SSSR count). The zero-order valence-corrected chi connectivity index (χ0v) is 9.79. The number of hydrogen-bond donors (Lipinski definition) is 3. The number of carboxylic acid groups (broad SMARTS) is 1. The number of ether oxygens (including phenoxy) is 1. The van der Waals surface area contributed by atoms with Crippen molar-refractivity contribution >= 4 is 5.97 Å². The molecule has 1 unspecified atom stereocenters. The van der Waals surface area contributed by atoms with E-state index in [9.17, 15) is 9.90 Å². The molecular formula is C10H20N2O5. The summed E-state index contributed by atoms with van der Waals surface area (Å²) in [6.07, 6.45) is -0.807. The van der Waals surface area contributed by atoms with E-state index in [2.05, 4.69) is 0 Å². The van der Waals surface area contributed by atoms with Gasteiger partial charge in [0.1, 0.15) is 0 Å². The van der Waals surface area contributed by atoms with Gasteiger partial charge in [0.05, 0.1) is 26.4 Å². The lowest BCUT2D eigenvalue weighted by molar-refractivity contribution is -0.155. The smallest absolute Gasteiger partial charge is 0.336 e. The molecule has 1 heterocycles. The van der Waals surface area contributed by atoms with Gasteiger partial charge in [-0.2, -0.15) is 0 Å². The van der Waals surface area contributed by atoms with E-state index < -0.39 is 12.1 Å². The average molecular weight is 248 g/mol. The summed E-state index contributed by atoms with van der Waals surface area (Å²) in [4.78, 5) is 14.7. The van der Waals surface area contributed by atoms with E-state index in [1.54, 1.807) is 9.80 Å². The minimum Gasteiger partial charge on any atom is -0.479 e. The Balaban J connectivity index is 2.69. The van der Waals surface area contributed by atoms with Gasteiger partial charge in [0.2, 0.25) is 0 Å². The van der Waals surface area contributed by atoms with Crippen molar-refractivity contribution < 1.29 is 24.9 Å². The molecule has 7 nitrogen and oxygen atoms in total. The molecule has 0 aliphatic carbocycles. The van der Waals surface area contributed by atoms with E-state index in [-0.39, 0.29) is 26.3 Å². The largest absolute Gasteiger partial charge is 0.479 e. The SMILES string of the molecule is O=C(O)C(N(CCO)CCO)N1CCOCC1. The van der Waals surface area contributed by atoms with Gasteiger partial charge in [-0.05, 0) is 0 Å². The van der Waals surface area contributed by atoms with Gasteiger partial charge >= 0.3 is 5.97 Å². The fourth-order valence-corrected chi connectivity index (χ4v) is 1.98. The molecule has 0 aromatic rings. The minimum absolute atomic E-state index is 0.131. The van der Waals surface area contributed by atoms with Gasteiger partial charge in [-0.25, -0.2) is 4.79 Å². The highest BCUT2D eigenvalue weighted by atomic mass is 16.5. The Morgan fingerprint density at radius 2 is 1.76 bits per heavy atom. The van der Waals surface area contributed by atoms with E-state index in [4.69, 9.17) is 14.9 Å². The number of nitrogens with zero attached hydrogens (tertiary/aromatic N) is 2. The second-order valence-corrected chi connectivity index (χ2v) is 3.84. The van der Waals surface area contributed by atoms with Crippen LogP contribution in [0.25, 0.3) is 0 Å². The molecule has 100 valence electrons. The summed E-state index contributed by atoms with van der Waals surface area (Å²) in [6.45, 7) is 2.31. The zero-order valence-electron chi connectivity index (χ0n) is 9.79. The van der Waals surface area contributed by atoms with E-state index in [1.165, 1.54) is 0 Å². The Bertz CT molecular complexity index is 227. The van der Waals surface area contributed by atoms with Crippen LogP contribution in [0.1, 0.15) is 0 Å². The second-order valence-electron chi connectivity index (χ2n) is 3.84. The first-order valence-corrected chi connectivity index (χ1v) is 5.71. The molecule has 17 heavy (non-hydrogen) atoms. The molecule has 0 aromatic carbocycles. The van der Waals surface area contributed by atoms with Crippen molar-refractivity contribution in [2.45, 2.75) is 6.17 Å². The molecule has 0 amide bonds. The highest BCUT2D eigenvalue weighted by molar-refractivity contribution is 5.73. The van der Waals surface area contributed by atoms with Gasteiger partial charge in [-0.1, -0.05) is 0 Å². The van der Waals surface area contributed by atoms with E-state index in [0.717, 1.165) is 0 Å². The van der Waals surface area contributed by atoms with Crippen LogP contribution in [0.3, 0.4) is 0 Å². The first kappa shape index (κ1) is 14.3. The third-order valence-electron chi connectivity index (χ3n) is 2.73. The van der Waals surface area contributed by atoms with Crippen LogP contribution >= 0.6 is 0 Å². The monoisotopic (exact) mass is 248 g/mol. The summed E-state index contributed by atoms with van der Waals surface area (Å²) in [5, 5.41) is 27.1. The van der Waals surface area contributed by atoms with Gasteiger partial charge in [0.25, 0.3) is 0 Å². The maximum absolute atomic E-state index is 11.3. The van der Waals surface area contributed by atoms with Crippen molar-refractivity contribution in [2.75, 3.05) is 52.6 Å². The molecule has 1 aliphatic rings. The maximum atomic E-state index is 11.3. The molecule has 1 atom stereocenters. The Morgan fingerprint density at radius 3 is 2.18 bits per heavy atom. The molecule has 7 heteroatoms. The van der Waals surface area contributed by atoms with Crippen LogP contribution in [-0.4, -0.2) is 89.9 Å².